The molecule has 1 saturated heterocycles. The number of nitrogens with one attached hydrogen (secondary N) is 1. The molecule has 0 unspecified atom stereocenters. The van der Waals surface area contributed by atoms with Crippen LogP contribution in [-0.2, 0) is 4.74 Å². The molecule has 1 fully saturated rings. The molecular weight excluding hydrogens is 243 g/mol. The van der Waals surface area contributed by atoms with Gasteiger partial charge in [0.15, 0.2) is 11.9 Å². The maximum atomic E-state index is 14.8. The average molecular weight is 260 g/mol. The van der Waals surface area contributed by atoms with E-state index in [1.807, 2.05) is 4.98 Å². The van der Waals surface area contributed by atoms with Gasteiger partial charge in [0, 0.05) is 18.2 Å². The molecule has 1 aromatic heterocycles. The standard InChI is InChI=1S/C11H15FN2O4/c1-6-7(5-15)18-9(11(6,2)12)14-4-3-8(16)13-10(14)17/h3-4,6-7,9,15H,5H2,1-2H3,(H,13,16,17)/t6-,7-,9-,11-/m1/s1/i5D2. The lowest BCUT2D eigenvalue weighted by Crippen LogP contribution is -2.40. The van der Waals surface area contributed by atoms with Gasteiger partial charge in [-0.25, -0.2) is 9.18 Å². The van der Waals surface area contributed by atoms with Gasteiger partial charge in [0.1, 0.15) is 0 Å². The van der Waals surface area contributed by atoms with Crippen LogP contribution < -0.4 is 11.2 Å². The fraction of sp³-hybridized carbons (Fsp3) is 0.636. The highest BCUT2D eigenvalue weighted by Crippen LogP contribution is 2.44. The van der Waals surface area contributed by atoms with E-state index in [4.69, 9.17) is 7.48 Å². The largest absolute Gasteiger partial charge is 0.394 e. The Morgan fingerprint density at radius 2 is 2.39 bits per heavy atom. The molecule has 0 aliphatic carbocycles. The van der Waals surface area contributed by atoms with Gasteiger partial charge < -0.3 is 9.84 Å². The number of ether oxygens (including phenoxy) is 1. The van der Waals surface area contributed by atoms with Crippen LogP contribution in [0.3, 0.4) is 0 Å². The molecule has 0 saturated carbocycles. The highest BCUT2D eigenvalue weighted by atomic mass is 19.1. The Hall–Kier alpha value is -1.47. The van der Waals surface area contributed by atoms with Crippen molar-refractivity contribution in [3.63, 3.8) is 0 Å². The summed E-state index contributed by atoms with van der Waals surface area (Å²) in [5.41, 5.74) is -3.59. The van der Waals surface area contributed by atoms with E-state index in [2.05, 4.69) is 0 Å². The molecule has 1 aliphatic heterocycles. The first-order valence-electron chi connectivity index (χ1n) is 6.43. The van der Waals surface area contributed by atoms with Crippen LogP contribution in [0.2, 0.25) is 0 Å². The van der Waals surface area contributed by atoms with Crippen molar-refractivity contribution in [3.8, 4) is 0 Å². The van der Waals surface area contributed by atoms with Gasteiger partial charge in [0.25, 0.3) is 5.56 Å². The zero-order valence-corrected chi connectivity index (χ0v) is 9.88. The molecule has 0 amide bonds. The monoisotopic (exact) mass is 260 g/mol. The zero-order valence-electron chi connectivity index (χ0n) is 11.9. The van der Waals surface area contributed by atoms with Crippen molar-refractivity contribution >= 4 is 0 Å². The highest BCUT2D eigenvalue weighted by molar-refractivity contribution is 4.99. The van der Waals surface area contributed by atoms with Crippen LogP contribution in [0.15, 0.2) is 21.9 Å². The summed E-state index contributed by atoms with van der Waals surface area (Å²) in [4.78, 5) is 24.7. The number of nitrogens with zero attached hydrogens (tertiary/aromatic N) is 1. The Labute approximate surface area is 105 Å². The molecule has 2 rings (SSSR count). The molecule has 0 radical (unpaired) electrons. The number of rotatable bonds is 2. The van der Waals surface area contributed by atoms with Crippen LogP contribution in [-0.4, -0.2) is 33.0 Å². The van der Waals surface area contributed by atoms with Crippen LogP contribution in [0.5, 0.6) is 0 Å². The van der Waals surface area contributed by atoms with Crippen molar-refractivity contribution in [1.29, 1.82) is 0 Å². The SMILES string of the molecule is [2H]C([2H])(O)[C@H]1O[C@@H](n2ccc(=O)[nH]c2=O)[C@](C)(F)[C@@H]1C. The minimum absolute atomic E-state index is 0.633. The number of hydrogen-bond acceptors (Lipinski definition) is 4. The number of halogens is 1. The molecule has 1 aromatic rings. The first-order chi connectivity index (χ1) is 9.05. The number of aromatic amines is 1. The summed E-state index contributed by atoms with van der Waals surface area (Å²) in [6, 6.07) is 1.03. The van der Waals surface area contributed by atoms with Crippen molar-refractivity contribution in [2.24, 2.45) is 5.92 Å². The van der Waals surface area contributed by atoms with Crippen molar-refractivity contribution < 1.29 is 17.0 Å². The van der Waals surface area contributed by atoms with Crippen molar-refractivity contribution in [1.82, 2.24) is 9.55 Å². The normalized spacial score (nSPS) is 38.3. The Kier molecular flexibility index (Phi) is 2.51. The third-order valence-corrected chi connectivity index (χ3v) is 3.33. The van der Waals surface area contributed by atoms with Gasteiger partial charge in [-0.05, 0) is 6.92 Å². The number of H-pyrrole nitrogens is 1. The molecule has 7 heteroatoms. The third kappa shape index (κ3) is 1.89. The summed E-state index contributed by atoms with van der Waals surface area (Å²) in [7, 11) is 0. The van der Waals surface area contributed by atoms with Gasteiger partial charge in [-0.1, -0.05) is 6.92 Å². The minimum atomic E-state index is -2.74. The molecule has 18 heavy (non-hydrogen) atoms. The van der Waals surface area contributed by atoms with Gasteiger partial charge >= 0.3 is 5.69 Å². The maximum Gasteiger partial charge on any atom is 0.330 e. The lowest BCUT2D eigenvalue weighted by Gasteiger charge is -2.25. The minimum Gasteiger partial charge on any atom is -0.394 e. The van der Waals surface area contributed by atoms with Crippen molar-refractivity contribution in [2.75, 3.05) is 6.56 Å². The summed E-state index contributed by atoms with van der Waals surface area (Å²) in [6.45, 7) is -0.200. The number of alkyl halides is 1. The lowest BCUT2D eigenvalue weighted by atomic mass is 9.90. The molecule has 4 atom stereocenters. The molecule has 100 valence electrons. The van der Waals surface area contributed by atoms with Crippen LogP contribution in [0.25, 0.3) is 0 Å². The molecule has 0 spiro atoms. The quantitative estimate of drug-likeness (QED) is 0.770. The predicted molar refractivity (Wildman–Crippen MR) is 61.0 cm³/mol. The lowest BCUT2D eigenvalue weighted by molar-refractivity contribution is -0.0611. The topological polar surface area (TPSA) is 84.3 Å². The average Bonchev–Trinajstić information content (AvgIpc) is 2.51. The highest BCUT2D eigenvalue weighted by Gasteiger charge is 2.53. The van der Waals surface area contributed by atoms with Crippen molar-refractivity contribution in [3.05, 3.63) is 33.1 Å². The van der Waals surface area contributed by atoms with E-state index >= 15 is 0 Å². The van der Waals surface area contributed by atoms with E-state index < -0.39 is 41.7 Å². The predicted octanol–water partition coefficient (Wildman–Crippen LogP) is -0.209. The summed E-state index contributed by atoms with van der Waals surface area (Å²) in [5.74, 6) is -0.994. The Morgan fingerprint density at radius 3 is 2.89 bits per heavy atom. The second-order valence-corrected chi connectivity index (χ2v) is 4.50. The maximum absolute atomic E-state index is 14.8. The van der Waals surface area contributed by atoms with Crippen LogP contribution in [0, 0.1) is 5.92 Å². The number of aromatic nitrogens is 2. The summed E-state index contributed by atoms with van der Waals surface area (Å²) in [6.07, 6.45) is -1.79. The van der Waals surface area contributed by atoms with E-state index in [1.165, 1.54) is 6.92 Å². The zero-order chi connectivity index (χ0) is 15.3. The van der Waals surface area contributed by atoms with Crippen LogP contribution in [0.4, 0.5) is 4.39 Å². The second kappa shape index (κ2) is 4.33. The Morgan fingerprint density at radius 1 is 1.72 bits per heavy atom. The van der Waals surface area contributed by atoms with E-state index in [0.29, 0.717) is 0 Å². The van der Waals surface area contributed by atoms with Gasteiger partial charge in [0.2, 0.25) is 0 Å². The summed E-state index contributed by atoms with van der Waals surface area (Å²) < 4.78 is 35.3. The smallest absolute Gasteiger partial charge is 0.330 e. The molecule has 6 nitrogen and oxygen atoms in total. The molecule has 1 aliphatic rings. The van der Waals surface area contributed by atoms with E-state index in [9.17, 15) is 19.1 Å². The number of aliphatic hydroxyl groups is 1. The van der Waals surface area contributed by atoms with Crippen LogP contribution in [0.1, 0.15) is 22.8 Å². The van der Waals surface area contributed by atoms with Gasteiger partial charge in [-0.15, -0.1) is 0 Å². The van der Waals surface area contributed by atoms with E-state index in [1.54, 1.807) is 0 Å². The van der Waals surface area contributed by atoms with Crippen molar-refractivity contribution in [2.45, 2.75) is 31.8 Å². The fourth-order valence-corrected chi connectivity index (χ4v) is 2.00. The van der Waals surface area contributed by atoms with Gasteiger partial charge in [-0.3, -0.25) is 14.3 Å². The van der Waals surface area contributed by atoms with E-state index in [0.717, 1.165) is 23.8 Å². The third-order valence-electron chi connectivity index (χ3n) is 3.33. The Balaban J connectivity index is 2.47. The Bertz CT molecular complexity index is 622. The molecule has 0 aromatic carbocycles. The fourth-order valence-electron chi connectivity index (χ4n) is 2.00. The first-order valence-corrected chi connectivity index (χ1v) is 5.43. The number of hydrogen-bond donors (Lipinski definition) is 2. The summed E-state index contributed by atoms with van der Waals surface area (Å²) in [5, 5.41) is 9.39. The summed E-state index contributed by atoms with van der Waals surface area (Å²) >= 11 is 0. The molecule has 0 bridgehead atoms. The van der Waals surface area contributed by atoms with Gasteiger partial charge in [-0.2, -0.15) is 0 Å². The van der Waals surface area contributed by atoms with Crippen LogP contribution >= 0.6 is 0 Å². The molecule has 2 N–H and O–H groups in total. The van der Waals surface area contributed by atoms with Gasteiger partial charge in [0.05, 0.1) is 15.4 Å². The molecular formula is C11H15FN2O4. The second-order valence-electron chi connectivity index (χ2n) is 4.50. The molecule has 2 heterocycles. The first kappa shape index (κ1) is 10.5. The van der Waals surface area contributed by atoms with E-state index in [-0.39, 0.29) is 0 Å².